The number of carbonyl (C=O) groups excluding carboxylic acids is 1. The van der Waals surface area contributed by atoms with Gasteiger partial charge >= 0.3 is 0 Å². The molecular formula is C21H19N5O3. The maximum Gasteiger partial charge on any atom is 0.274 e. The van der Waals surface area contributed by atoms with Crippen LogP contribution in [0.2, 0.25) is 0 Å². The lowest BCUT2D eigenvalue weighted by molar-refractivity contribution is 0.0896. The molecule has 146 valence electrons. The molecular weight excluding hydrogens is 370 g/mol. The highest BCUT2D eigenvalue weighted by molar-refractivity contribution is 6.04. The van der Waals surface area contributed by atoms with E-state index in [9.17, 15) is 4.79 Å². The fraction of sp³-hybridized carbons (Fsp3) is 0.238. The van der Waals surface area contributed by atoms with E-state index in [0.717, 1.165) is 29.6 Å². The van der Waals surface area contributed by atoms with Crippen molar-refractivity contribution >= 4 is 17.2 Å². The van der Waals surface area contributed by atoms with Crippen LogP contribution in [0.3, 0.4) is 0 Å². The molecule has 1 fully saturated rings. The van der Waals surface area contributed by atoms with Gasteiger partial charge in [-0.2, -0.15) is 0 Å². The first-order chi connectivity index (χ1) is 14.2. The summed E-state index contributed by atoms with van der Waals surface area (Å²) in [4.78, 5) is 17.1. The van der Waals surface area contributed by atoms with E-state index < -0.39 is 0 Å². The third-order valence-corrected chi connectivity index (χ3v) is 5.03. The van der Waals surface area contributed by atoms with Gasteiger partial charge in [-0.25, -0.2) is 4.98 Å². The van der Waals surface area contributed by atoms with Gasteiger partial charge in [0, 0.05) is 24.1 Å². The maximum absolute atomic E-state index is 12.8. The van der Waals surface area contributed by atoms with E-state index in [0.29, 0.717) is 29.8 Å². The van der Waals surface area contributed by atoms with Gasteiger partial charge in [0.1, 0.15) is 17.4 Å². The van der Waals surface area contributed by atoms with Crippen LogP contribution in [0.15, 0.2) is 53.2 Å². The molecule has 1 aliphatic heterocycles. The Balaban J connectivity index is 1.41. The molecule has 0 radical (unpaired) electrons. The molecule has 1 aliphatic rings. The molecule has 4 aromatic rings. The molecule has 4 heterocycles. The minimum Gasteiger partial charge on any atom is -0.418 e. The summed E-state index contributed by atoms with van der Waals surface area (Å²) >= 11 is 0. The number of aryl methyl sites for hydroxylation is 1. The molecule has 1 aromatic carbocycles. The summed E-state index contributed by atoms with van der Waals surface area (Å²) in [5.74, 6) is 0.657. The summed E-state index contributed by atoms with van der Waals surface area (Å²) in [5, 5.41) is 11.2. The molecule has 1 atom stereocenters. The third kappa shape index (κ3) is 3.27. The van der Waals surface area contributed by atoms with E-state index >= 15 is 0 Å². The number of ether oxygens (including phenoxy) is 1. The SMILES string of the molecule is Cc1ccc(-c2nnc([C@@H]3CCCO3)o2)cc1NC(=O)c1cnc2ccccn12. The van der Waals surface area contributed by atoms with E-state index in [1.54, 1.807) is 10.6 Å². The minimum absolute atomic E-state index is 0.129. The number of aromatic nitrogens is 4. The predicted octanol–water partition coefficient (Wildman–Crippen LogP) is 3.80. The van der Waals surface area contributed by atoms with Crippen molar-refractivity contribution in [3.8, 4) is 11.5 Å². The van der Waals surface area contributed by atoms with Gasteiger partial charge in [0.15, 0.2) is 0 Å². The summed E-state index contributed by atoms with van der Waals surface area (Å²) < 4.78 is 13.2. The quantitative estimate of drug-likeness (QED) is 0.571. The first-order valence-electron chi connectivity index (χ1n) is 9.48. The van der Waals surface area contributed by atoms with Crippen molar-refractivity contribution in [2.75, 3.05) is 11.9 Å². The van der Waals surface area contributed by atoms with Gasteiger partial charge < -0.3 is 14.5 Å². The number of nitrogens with zero attached hydrogens (tertiary/aromatic N) is 4. The fourth-order valence-corrected chi connectivity index (χ4v) is 3.43. The molecule has 5 rings (SSSR count). The monoisotopic (exact) mass is 389 g/mol. The van der Waals surface area contributed by atoms with Gasteiger partial charge in [-0.15, -0.1) is 10.2 Å². The first kappa shape index (κ1) is 17.6. The molecule has 8 heteroatoms. The normalized spacial score (nSPS) is 16.4. The van der Waals surface area contributed by atoms with Gasteiger partial charge in [0.05, 0.1) is 6.20 Å². The Labute approximate surface area is 166 Å². The molecule has 1 saturated heterocycles. The van der Waals surface area contributed by atoms with Crippen LogP contribution in [0.1, 0.15) is 40.9 Å². The molecule has 3 aromatic heterocycles. The van der Waals surface area contributed by atoms with Gasteiger partial charge in [-0.05, 0) is 49.6 Å². The number of hydrogen-bond donors (Lipinski definition) is 1. The van der Waals surface area contributed by atoms with Crippen LogP contribution in [0, 0.1) is 6.92 Å². The second-order valence-corrected chi connectivity index (χ2v) is 7.00. The van der Waals surface area contributed by atoms with Crippen molar-refractivity contribution in [1.29, 1.82) is 0 Å². The predicted molar refractivity (Wildman–Crippen MR) is 106 cm³/mol. The van der Waals surface area contributed by atoms with E-state index in [1.165, 1.54) is 0 Å². The van der Waals surface area contributed by atoms with Crippen LogP contribution in [0.4, 0.5) is 5.69 Å². The van der Waals surface area contributed by atoms with Gasteiger partial charge in [0.25, 0.3) is 5.91 Å². The lowest BCUT2D eigenvalue weighted by Crippen LogP contribution is -2.15. The van der Waals surface area contributed by atoms with Crippen LogP contribution in [-0.2, 0) is 4.74 Å². The Morgan fingerprint density at radius 2 is 2.17 bits per heavy atom. The van der Waals surface area contributed by atoms with E-state index in [4.69, 9.17) is 9.15 Å². The number of carbonyl (C=O) groups is 1. The maximum atomic E-state index is 12.8. The number of anilines is 1. The van der Waals surface area contributed by atoms with Crippen LogP contribution < -0.4 is 5.32 Å². The number of rotatable bonds is 4. The smallest absolute Gasteiger partial charge is 0.274 e. The zero-order valence-electron chi connectivity index (χ0n) is 15.8. The molecule has 1 N–H and O–H groups in total. The van der Waals surface area contributed by atoms with Gasteiger partial charge in [-0.3, -0.25) is 9.20 Å². The van der Waals surface area contributed by atoms with Crippen LogP contribution >= 0.6 is 0 Å². The highest BCUT2D eigenvalue weighted by Crippen LogP contribution is 2.31. The summed E-state index contributed by atoms with van der Waals surface area (Å²) in [6.45, 7) is 2.64. The lowest BCUT2D eigenvalue weighted by Gasteiger charge is -2.09. The number of hydrogen-bond acceptors (Lipinski definition) is 6. The summed E-state index contributed by atoms with van der Waals surface area (Å²) in [6.07, 6.45) is 5.13. The Morgan fingerprint density at radius 1 is 1.24 bits per heavy atom. The molecule has 0 bridgehead atoms. The fourth-order valence-electron chi connectivity index (χ4n) is 3.43. The first-order valence-corrected chi connectivity index (χ1v) is 9.48. The Morgan fingerprint density at radius 3 is 3.03 bits per heavy atom. The molecule has 0 saturated carbocycles. The molecule has 0 spiro atoms. The summed E-state index contributed by atoms with van der Waals surface area (Å²) in [5.41, 5.74) is 3.52. The van der Waals surface area contributed by atoms with Crippen LogP contribution in [-0.4, -0.2) is 32.1 Å². The van der Waals surface area contributed by atoms with Gasteiger partial charge in [0.2, 0.25) is 11.8 Å². The largest absolute Gasteiger partial charge is 0.418 e. The zero-order chi connectivity index (χ0) is 19.8. The topological polar surface area (TPSA) is 94.5 Å². The van der Waals surface area contributed by atoms with Crippen LogP contribution in [0.5, 0.6) is 0 Å². The molecule has 8 nitrogen and oxygen atoms in total. The molecule has 0 aliphatic carbocycles. The lowest BCUT2D eigenvalue weighted by atomic mass is 10.1. The average molecular weight is 389 g/mol. The second-order valence-electron chi connectivity index (χ2n) is 7.00. The Kier molecular flexibility index (Phi) is 4.33. The van der Waals surface area contributed by atoms with Crippen molar-refractivity contribution in [2.45, 2.75) is 25.9 Å². The average Bonchev–Trinajstić information content (AvgIpc) is 3.49. The highest BCUT2D eigenvalue weighted by atomic mass is 16.5. The highest BCUT2D eigenvalue weighted by Gasteiger charge is 2.24. The Bertz CT molecular complexity index is 1190. The van der Waals surface area contributed by atoms with Crippen LogP contribution in [0.25, 0.3) is 17.1 Å². The third-order valence-electron chi connectivity index (χ3n) is 5.03. The Hall–Kier alpha value is -3.52. The number of pyridine rings is 1. The zero-order valence-corrected chi connectivity index (χ0v) is 15.8. The van der Waals surface area contributed by atoms with E-state index in [1.807, 2.05) is 49.5 Å². The number of imidazole rings is 1. The van der Waals surface area contributed by atoms with Crippen molar-refractivity contribution in [2.24, 2.45) is 0 Å². The number of fused-ring (bicyclic) bond motifs is 1. The van der Waals surface area contributed by atoms with Gasteiger partial charge in [-0.1, -0.05) is 12.1 Å². The standard InChI is InChI=1S/C21H19N5O3/c1-13-7-8-14(20-24-25-21(29-20)17-5-4-10-28-17)11-15(13)23-19(27)16-12-22-18-6-2-3-9-26(16)18/h2-3,6-9,11-12,17H,4-5,10H2,1H3,(H,23,27)/t17-/m0/s1. The van der Waals surface area contributed by atoms with Crippen molar-refractivity contribution in [1.82, 2.24) is 19.6 Å². The molecule has 1 amide bonds. The molecule has 29 heavy (non-hydrogen) atoms. The summed E-state index contributed by atoms with van der Waals surface area (Å²) in [7, 11) is 0. The van der Waals surface area contributed by atoms with Crippen molar-refractivity contribution in [3.05, 3.63) is 65.9 Å². The number of amides is 1. The number of benzene rings is 1. The summed E-state index contributed by atoms with van der Waals surface area (Å²) in [6, 6.07) is 11.2. The van der Waals surface area contributed by atoms with E-state index in [-0.39, 0.29) is 12.0 Å². The van der Waals surface area contributed by atoms with Crippen molar-refractivity contribution in [3.63, 3.8) is 0 Å². The van der Waals surface area contributed by atoms with Crippen molar-refractivity contribution < 1.29 is 13.9 Å². The minimum atomic E-state index is -0.241. The van der Waals surface area contributed by atoms with E-state index in [2.05, 4.69) is 20.5 Å². The molecule has 0 unspecified atom stereocenters. The number of nitrogens with one attached hydrogen (secondary N) is 1. The second kappa shape index (κ2) is 7.14.